The molecule has 1 aromatic carbocycles. The molecule has 0 radical (unpaired) electrons. The van der Waals surface area contributed by atoms with E-state index in [2.05, 4.69) is 34.5 Å². The van der Waals surface area contributed by atoms with Gasteiger partial charge in [-0.3, -0.25) is 19.8 Å². The Balaban J connectivity index is 1.94. The van der Waals surface area contributed by atoms with E-state index < -0.39 is 17.8 Å². The molecule has 29 heavy (non-hydrogen) atoms. The van der Waals surface area contributed by atoms with Crippen molar-refractivity contribution in [3.63, 3.8) is 0 Å². The molecule has 8 heteroatoms. The zero-order valence-electron chi connectivity index (χ0n) is 16.2. The molecule has 0 bridgehead atoms. The normalized spacial score (nSPS) is 19.3. The van der Waals surface area contributed by atoms with Gasteiger partial charge in [-0.05, 0) is 59.2 Å². The topological polar surface area (TPSA) is 84.9 Å². The number of methoxy groups -OCH3 is 1. The molecule has 154 valence electrons. The number of barbiturate groups is 1. The van der Waals surface area contributed by atoms with Crippen molar-refractivity contribution in [3.05, 3.63) is 39.5 Å². The summed E-state index contributed by atoms with van der Waals surface area (Å²) < 4.78 is 11.8. The highest BCUT2D eigenvalue weighted by Crippen LogP contribution is 2.35. The minimum atomic E-state index is -0.687. The lowest BCUT2D eigenvalue weighted by Gasteiger charge is -2.35. The van der Waals surface area contributed by atoms with Crippen molar-refractivity contribution in [3.8, 4) is 11.5 Å². The fraction of sp³-hybridized carbons (Fsp3) is 0.381. The average Bonchev–Trinajstić information content (AvgIpc) is 2.70. The van der Waals surface area contributed by atoms with Crippen molar-refractivity contribution >= 4 is 46.5 Å². The van der Waals surface area contributed by atoms with Gasteiger partial charge in [0.2, 0.25) is 0 Å². The van der Waals surface area contributed by atoms with Gasteiger partial charge in [-0.1, -0.05) is 31.9 Å². The molecular formula is C21H23IN2O5. The van der Waals surface area contributed by atoms with Crippen molar-refractivity contribution in [2.45, 2.75) is 38.1 Å². The van der Waals surface area contributed by atoms with Gasteiger partial charge in [-0.2, -0.15) is 0 Å². The molecule has 0 unspecified atom stereocenters. The fourth-order valence-electron chi connectivity index (χ4n) is 3.61. The van der Waals surface area contributed by atoms with Crippen LogP contribution in [0.25, 0.3) is 6.08 Å². The highest BCUT2D eigenvalue weighted by Gasteiger charge is 2.40. The monoisotopic (exact) mass is 510 g/mol. The SMILES string of the molecule is C=CCOc1c(I)cc(C=C2C(=O)NC(=O)N(C3CCCCC3)C2=O)cc1OC. The van der Waals surface area contributed by atoms with Crippen LogP contribution < -0.4 is 14.8 Å². The molecule has 0 aromatic heterocycles. The summed E-state index contributed by atoms with van der Waals surface area (Å²) in [7, 11) is 1.52. The Morgan fingerprint density at radius 2 is 1.97 bits per heavy atom. The lowest BCUT2D eigenvalue weighted by Crippen LogP contribution is -2.58. The van der Waals surface area contributed by atoms with Crippen molar-refractivity contribution < 1.29 is 23.9 Å². The fourth-order valence-corrected chi connectivity index (χ4v) is 4.40. The van der Waals surface area contributed by atoms with Crippen LogP contribution in [0.3, 0.4) is 0 Å². The van der Waals surface area contributed by atoms with Crippen LogP contribution in [0.5, 0.6) is 11.5 Å². The second kappa shape index (κ2) is 9.43. The number of nitrogens with zero attached hydrogens (tertiary/aromatic N) is 1. The summed E-state index contributed by atoms with van der Waals surface area (Å²) in [6.07, 6.45) is 7.69. The van der Waals surface area contributed by atoms with Crippen molar-refractivity contribution in [2.24, 2.45) is 0 Å². The van der Waals surface area contributed by atoms with E-state index in [9.17, 15) is 14.4 Å². The van der Waals surface area contributed by atoms with E-state index in [0.29, 0.717) is 23.7 Å². The molecule has 0 atom stereocenters. The number of benzene rings is 1. The van der Waals surface area contributed by atoms with Gasteiger partial charge in [-0.25, -0.2) is 4.79 Å². The van der Waals surface area contributed by atoms with E-state index in [4.69, 9.17) is 9.47 Å². The van der Waals surface area contributed by atoms with E-state index in [-0.39, 0.29) is 11.6 Å². The van der Waals surface area contributed by atoms with Gasteiger partial charge < -0.3 is 9.47 Å². The average molecular weight is 510 g/mol. The predicted molar refractivity (Wildman–Crippen MR) is 117 cm³/mol. The highest BCUT2D eigenvalue weighted by molar-refractivity contribution is 14.1. The first-order chi connectivity index (χ1) is 14.0. The summed E-state index contributed by atoms with van der Waals surface area (Å²) in [5.41, 5.74) is 0.543. The molecule has 1 saturated heterocycles. The third kappa shape index (κ3) is 4.63. The summed E-state index contributed by atoms with van der Waals surface area (Å²) in [5, 5.41) is 2.30. The number of halogens is 1. The van der Waals surface area contributed by atoms with Gasteiger partial charge in [0.15, 0.2) is 11.5 Å². The van der Waals surface area contributed by atoms with Crippen LogP contribution in [0.1, 0.15) is 37.7 Å². The molecule has 1 N–H and O–H groups in total. The van der Waals surface area contributed by atoms with Crippen molar-refractivity contribution in [1.29, 1.82) is 0 Å². The number of carbonyl (C=O) groups excluding carboxylic acids is 3. The van der Waals surface area contributed by atoms with Gasteiger partial charge in [0.1, 0.15) is 12.2 Å². The third-order valence-corrected chi connectivity index (χ3v) is 5.78. The minimum absolute atomic E-state index is 0.0622. The van der Waals surface area contributed by atoms with Gasteiger partial charge in [0.05, 0.1) is 10.7 Å². The molecular weight excluding hydrogens is 487 g/mol. The maximum atomic E-state index is 13.0. The first kappa shape index (κ1) is 21.4. The number of rotatable bonds is 6. The maximum Gasteiger partial charge on any atom is 0.331 e. The van der Waals surface area contributed by atoms with Gasteiger partial charge in [-0.15, -0.1) is 0 Å². The number of hydrogen-bond acceptors (Lipinski definition) is 5. The van der Waals surface area contributed by atoms with E-state index in [1.165, 1.54) is 18.1 Å². The molecule has 2 aliphatic rings. The van der Waals surface area contributed by atoms with Gasteiger partial charge >= 0.3 is 6.03 Å². The number of amides is 4. The van der Waals surface area contributed by atoms with Crippen LogP contribution in [0.4, 0.5) is 4.79 Å². The molecule has 1 aliphatic heterocycles. The van der Waals surface area contributed by atoms with Crippen LogP contribution in [-0.4, -0.2) is 42.5 Å². The number of nitrogens with one attached hydrogen (secondary N) is 1. The van der Waals surface area contributed by atoms with E-state index in [1.54, 1.807) is 18.2 Å². The largest absolute Gasteiger partial charge is 0.493 e. The van der Waals surface area contributed by atoms with Crippen molar-refractivity contribution in [1.82, 2.24) is 10.2 Å². The van der Waals surface area contributed by atoms with Crippen LogP contribution in [-0.2, 0) is 9.59 Å². The van der Waals surface area contributed by atoms with Crippen LogP contribution in [0, 0.1) is 3.57 Å². The Morgan fingerprint density at radius 3 is 2.62 bits per heavy atom. The smallest absolute Gasteiger partial charge is 0.331 e. The van der Waals surface area contributed by atoms with E-state index in [0.717, 1.165) is 35.7 Å². The molecule has 4 amide bonds. The summed E-state index contributed by atoms with van der Waals surface area (Å²) in [6.45, 7) is 3.96. The number of hydrogen-bond donors (Lipinski definition) is 1. The summed E-state index contributed by atoms with van der Waals surface area (Å²) in [6, 6.07) is 2.67. The van der Waals surface area contributed by atoms with Crippen LogP contribution in [0.15, 0.2) is 30.4 Å². The Hall–Kier alpha value is -2.36. The molecule has 3 rings (SSSR count). The Bertz CT molecular complexity index is 874. The number of ether oxygens (including phenoxy) is 2. The highest BCUT2D eigenvalue weighted by atomic mass is 127. The molecule has 1 saturated carbocycles. The Kier molecular flexibility index (Phi) is 6.94. The Morgan fingerprint density at radius 1 is 1.24 bits per heavy atom. The number of urea groups is 1. The number of carbonyl (C=O) groups is 3. The van der Waals surface area contributed by atoms with E-state index >= 15 is 0 Å². The first-order valence-corrected chi connectivity index (χ1v) is 10.6. The lowest BCUT2D eigenvalue weighted by molar-refractivity contribution is -0.132. The van der Waals surface area contributed by atoms with Crippen LogP contribution >= 0.6 is 22.6 Å². The number of imide groups is 2. The minimum Gasteiger partial charge on any atom is -0.493 e. The second-order valence-electron chi connectivity index (χ2n) is 6.92. The third-order valence-electron chi connectivity index (χ3n) is 4.98. The predicted octanol–water partition coefficient (Wildman–Crippen LogP) is 3.66. The van der Waals surface area contributed by atoms with Crippen molar-refractivity contribution in [2.75, 3.05) is 13.7 Å². The summed E-state index contributed by atoms with van der Waals surface area (Å²) >= 11 is 2.10. The molecule has 1 aromatic rings. The molecule has 1 aliphatic carbocycles. The Labute approximate surface area is 183 Å². The quantitative estimate of drug-likeness (QED) is 0.273. The standard InChI is InChI=1S/C21H23IN2O5/c1-3-9-29-18-16(22)11-13(12-17(18)28-2)10-15-19(25)23-21(27)24(20(15)26)14-7-5-4-6-8-14/h3,10-12,14H,1,4-9H2,2H3,(H,23,25,27). The van der Waals surface area contributed by atoms with Gasteiger partial charge in [0, 0.05) is 6.04 Å². The summed E-state index contributed by atoms with van der Waals surface area (Å²) in [4.78, 5) is 38.9. The van der Waals surface area contributed by atoms with E-state index in [1.807, 2.05) is 0 Å². The first-order valence-electron chi connectivity index (χ1n) is 9.48. The zero-order valence-corrected chi connectivity index (χ0v) is 18.4. The molecule has 1 heterocycles. The summed E-state index contributed by atoms with van der Waals surface area (Å²) in [5.74, 6) is -0.192. The lowest BCUT2D eigenvalue weighted by atomic mass is 9.93. The zero-order chi connectivity index (χ0) is 21.0. The van der Waals surface area contributed by atoms with Crippen LogP contribution in [0.2, 0.25) is 0 Å². The maximum absolute atomic E-state index is 13.0. The molecule has 0 spiro atoms. The van der Waals surface area contributed by atoms with Gasteiger partial charge in [0.25, 0.3) is 11.8 Å². The molecule has 7 nitrogen and oxygen atoms in total. The second-order valence-corrected chi connectivity index (χ2v) is 8.08. The molecule has 2 fully saturated rings.